The molecule has 4 aromatic rings. The lowest BCUT2D eigenvalue weighted by Crippen LogP contribution is -2.53. The fourth-order valence-electron chi connectivity index (χ4n) is 10.3. The molecule has 0 radical (unpaired) electrons. The van der Waals surface area contributed by atoms with Crippen molar-refractivity contribution >= 4 is 63.6 Å². The van der Waals surface area contributed by atoms with Gasteiger partial charge in [0.2, 0.25) is 0 Å². The van der Waals surface area contributed by atoms with Gasteiger partial charge < -0.3 is 31.0 Å². The number of ether oxygens (including phenoxy) is 2. The van der Waals surface area contributed by atoms with Crippen LogP contribution in [0.4, 0.5) is 11.4 Å². The third-order valence-electron chi connectivity index (χ3n) is 14.2. The minimum absolute atomic E-state index is 0. The molecule has 2 atom stereocenters. The molecule has 4 aliphatic heterocycles. The lowest BCUT2D eigenvalue weighted by Gasteiger charge is -2.48. The number of likely N-dealkylation sites (N-methyl/N-ethyl adjacent to an activating group) is 2. The molecule has 2 fully saturated rings. The molecule has 0 bridgehead atoms. The second-order valence-electron chi connectivity index (χ2n) is 18.8. The van der Waals surface area contributed by atoms with Gasteiger partial charge in [0.25, 0.3) is 11.8 Å². The fraction of sp³-hybridized carbons (Fsp3) is 0.412. The zero-order chi connectivity index (χ0) is 47.2. The third kappa shape index (κ3) is 9.15. The van der Waals surface area contributed by atoms with E-state index in [1.54, 1.807) is 38.4 Å². The summed E-state index contributed by atoms with van der Waals surface area (Å²) in [5.74, 6) is 3.23. The number of rotatable bonds is 2. The average molecular weight is 970 g/mol. The molecule has 4 spiro atoms. The van der Waals surface area contributed by atoms with Crippen molar-refractivity contribution in [2.75, 3.05) is 14.1 Å². The molecule has 16 heteroatoms. The topological polar surface area (TPSA) is 185 Å². The molecule has 2 amide bonds. The number of nitrogens with two attached hydrogens (primary N) is 2. The maximum Gasteiger partial charge on any atom is 0.487 e. The van der Waals surface area contributed by atoms with E-state index in [1.807, 2.05) is 54.6 Å². The Bertz CT molecular complexity index is 2720. The van der Waals surface area contributed by atoms with E-state index in [0.29, 0.717) is 47.3 Å². The molecule has 348 valence electrons. The molecule has 2 saturated carbocycles. The predicted molar refractivity (Wildman–Crippen MR) is 265 cm³/mol. The van der Waals surface area contributed by atoms with E-state index in [0.717, 1.165) is 83.8 Å². The second-order valence-corrected chi connectivity index (χ2v) is 19.7. The smallest absolute Gasteiger partial charge is 0.487 e. The van der Waals surface area contributed by atoms with Gasteiger partial charge in [0.15, 0.2) is 34.4 Å². The summed E-state index contributed by atoms with van der Waals surface area (Å²) in [6, 6.07) is 25.5. The summed E-state index contributed by atoms with van der Waals surface area (Å²) in [6.07, 6.45) is 9.21. The molecule has 0 saturated heterocycles. The highest BCUT2D eigenvalue weighted by Gasteiger charge is 2.60. The van der Waals surface area contributed by atoms with Crippen molar-refractivity contribution in [1.29, 1.82) is 0 Å². The molecule has 67 heavy (non-hydrogen) atoms. The normalized spacial score (nSPS) is 27.7. The van der Waals surface area contributed by atoms with Crippen LogP contribution in [0.3, 0.4) is 0 Å². The number of fused-ring (bicyclic) bond motifs is 4. The first-order valence-electron chi connectivity index (χ1n) is 22.4. The van der Waals surface area contributed by atoms with Crippen LogP contribution in [0.25, 0.3) is 20.8 Å². The second kappa shape index (κ2) is 18.8. The van der Waals surface area contributed by atoms with Gasteiger partial charge in [0.05, 0.1) is 13.1 Å². The molecule has 2 aliphatic carbocycles. The lowest BCUT2D eigenvalue weighted by atomic mass is 9.68. The van der Waals surface area contributed by atoms with Crippen LogP contribution in [0.5, 0.6) is 11.5 Å². The first-order valence-corrected chi connectivity index (χ1v) is 23.2. The van der Waals surface area contributed by atoms with Crippen LogP contribution in [0, 0.1) is 25.0 Å². The molecular weight excluding hydrogens is 911 g/mol. The van der Waals surface area contributed by atoms with Crippen molar-refractivity contribution in [2.24, 2.45) is 33.3 Å². The predicted octanol–water partition coefficient (Wildman–Crippen LogP) is 8.33. The van der Waals surface area contributed by atoms with Gasteiger partial charge in [-0.15, -0.1) is 0 Å². The van der Waals surface area contributed by atoms with Crippen molar-refractivity contribution in [2.45, 2.75) is 108 Å². The number of guanidine groups is 2. The monoisotopic (exact) mass is 968 g/mol. The van der Waals surface area contributed by atoms with Gasteiger partial charge in [-0.05, 0) is 116 Å². The zero-order valence-corrected chi connectivity index (χ0v) is 39.2. The van der Waals surface area contributed by atoms with Crippen LogP contribution in [0.1, 0.15) is 96.6 Å². The fourth-order valence-corrected chi connectivity index (χ4v) is 10.7. The average Bonchev–Trinajstić information content (AvgIpc) is 3.66. The van der Waals surface area contributed by atoms with Crippen LogP contribution >= 0.6 is 15.9 Å². The third-order valence-corrected chi connectivity index (χ3v) is 14.7. The largest absolute Gasteiger partial charge is 0.487 e. The van der Waals surface area contributed by atoms with Crippen molar-refractivity contribution in [3.05, 3.63) is 123 Å². The van der Waals surface area contributed by atoms with Crippen LogP contribution < -0.4 is 26.4 Å². The SMILES string of the molecule is C.CC1CCC2(CC1)CC1(N=C(N)N(C)C1=O)c1cc(Br)ccc1O2.[C-]#[N+]c1cccc(-c2ccc3c(c2)C2(CC4(CCC(C)CC4)O3)N=C(N)N(C)C2=O)c1.[C-]#[N+]c1cccc(B(O)O)c1. The summed E-state index contributed by atoms with van der Waals surface area (Å²) in [7, 11) is 1.89. The van der Waals surface area contributed by atoms with E-state index in [2.05, 4.69) is 44.5 Å². The highest BCUT2D eigenvalue weighted by atomic mass is 79.9. The highest BCUT2D eigenvalue weighted by molar-refractivity contribution is 9.10. The van der Waals surface area contributed by atoms with Gasteiger partial charge in [-0.1, -0.05) is 85.7 Å². The van der Waals surface area contributed by atoms with E-state index < -0.39 is 23.8 Å². The quantitative estimate of drug-likeness (QED) is 0.114. The first kappa shape index (κ1) is 48.7. The van der Waals surface area contributed by atoms with E-state index in [4.69, 9.17) is 49.1 Å². The first-order chi connectivity index (χ1) is 31.4. The summed E-state index contributed by atoms with van der Waals surface area (Å²) < 4.78 is 14.0. The minimum atomic E-state index is -1.49. The van der Waals surface area contributed by atoms with Crippen LogP contribution in [0.15, 0.2) is 99.4 Å². The van der Waals surface area contributed by atoms with Crippen LogP contribution in [-0.2, 0) is 20.7 Å². The van der Waals surface area contributed by atoms with E-state index >= 15 is 0 Å². The highest BCUT2D eigenvalue weighted by Crippen LogP contribution is 2.55. The Labute approximate surface area is 402 Å². The number of hydrogen-bond donors (Lipinski definition) is 4. The molecule has 4 aromatic carbocycles. The Morgan fingerprint density at radius 1 is 0.687 bits per heavy atom. The van der Waals surface area contributed by atoms with Crippen molar-refractivity contribution in [3.8, 4) is 22.6 Å². The van der Waals surface area contributed by atoms with Crippen molar-refractivity contribution in [3.63, 3.8) is 0 Å². The number of nitrogens with zero attached hydrogens (tertiary/aromatic N) is 6. The number of carbonyl (C=O) groups is 2. The number of carbonyl (C=O) groups excluding carboxylic acids is 2. The Balaban J connectivity index is 0.000000164. The van der Waals surface area contributed by atoms with Crippen LogP contribution in [-0.4, -0.2) is 76.0 Å². The van der Waals surface area contributed by atoms with Crippen molar-refractivity contribution < 1.29 is 29.1 Å². The standard InChI is InChI=1S/C25H26N4O2.C18H22BrN3O2.C7H6BNO2.CH4/c1-16-9-11-24(12-10-16)15-25(22(30)29(3)23(26)28-25)20-14-18(7-8-21(20)31-24)17-5-4-6-19(13-17)27-2;1-11-5-7-17(8-6-11)10-18(15(23)22(2)16(20)21-18)13-9-12(19)3-4-14(13)24-17;1-9-7-4-2-3-6(5-7)8(10)11;/h4-8,13-14,16H,9-12,15H2,1,3H3,(H2,26,28);3-4,9,11H,5-8,10H2,1-2H3,(H2,20,21);2-5,10-11H;1H4. The summed E-state index contributed by atoms with van der Waals surface area (Å²) in [6.45, 7) is 18.5. The van der Waals surface area contributed by atoms with E-state index in [1.165, 1.54) is 15.9 Å². The number of amides is 2. The zero-order valence-electron chi connectivity index (χ0n) is 37.6. The van der Waals surface area contributed by atoms with Gasteiger partial charge >= 0.3 is 7.12 Å². The molecule has 0 aromatic heterocycles. The number of hydrogen-bond acceptors (Lipinski definition) is 10. The Morgan fingerprint density at radius 3 is 1.60 bits per heavy atom. The lowest BCUT2D eigenvalue weighted by molar-refractivity contribution is -0.135. The summed E-state index contributed by atoms with van der Waals surface area (Å²) >= 11 is 3.51. The molecule has 6 N–H and O–H groups in total. The number of aliphatic imine (C=N–C) groups is 2. The van der Waals surface area contributed by atoms with Crippen LogP contribution in [0.2, 0.25) is 0 Å². The Morgan fingerprint density at radius 2 is 1.13 bits per heavy atom. The van der Waals surface area contributed by atoms with Gasteiger partial charge in [-0.25, -0.2) is 19.7 Å². The summed E-state index contributed by atoms with van der Waals surface area (Å²) in [5, 5.41) is 17.4. The maximum atomic E-state index is 13.5. The molecule has 2 unspecified atom stereocenters. The van der Waals surface area contributed by atoms with Gasteiger partial charge in [-0.3, -0.25) is 19.4 Å². The molecule has 6 aliphatic rings. The van der Waals surface area contributed by atoms with E-state index in [-0.39, 0.29) is 36.8 Å². The van der Waals surface area contributed by atoms with E-state index in [9.17, 15) is 9.59 Å². The molecule has 10 rings (SSSR count). The summed E-state index contributed by atoms with van der Waals surface area (Å²) in [5.41, 5.74) is 14.2. The molecular formula is C51H58BBrN8O6. The van der Waals surface area contributed by atoms with Gasteiger partial charge in [-0.2, -0.15) is 0 Å². The van der Waals surface area contributed by atoms with Crippen molar-refractivity contribution in [1.82, 2.24) is 9.80 Å². The number of benzene rings is 4. The number of halogens is 1. The molecule has 4 heterocycles. The Kier molecular flexibility index (Phi) is 13.7. The minimum Gasteiger partial charge on any atom is -0.487 e. The molecule has 14 nitrogen and oxygen atoms in total. The van der Waals surface area contributed by atoms with Gasteiger partial charge in [0, 0.05) is 42.5 Å². The van der Waals surface area contributed by atoms with Gasteiger partial charge in [0.1, 0.15) is 22.7 Å². The maximum absolute atomic E-state index is 13.5. The Hall–Kier alpha value is -6.20. The summed E-state index contributed by atoms with van der Waals surface area (Å²) in [4.78, 5) is 45.7.